The second kappa shape index (κ2) is 9.94. The number of piperidine rings is 1. The highest BCUT2D eigenvalue weighted by atomic mass is 16.1. The predicted molar refractivity (Wildman–Crippen MR) is 143 cm³/mol. The first-order valence-corrected chi connectivity index (χ1v) is 12.7. The summed E-state index contributed by atoms with van der Waals surface area (Å²) < 4.78 is 0. The summed E-state index contributed by atoms with van der Waals surface area (Å²) in [5, 5.41) is 14.4. The minimum Gasteiger partial charge on any atom is -0.370 e. The molecule has 9 heteroatoms. The molecule has 3 aromatic heterocycles. The minimum absolute atomic E-state index is 0.268. The lowest BCUT2D eigenvalue weighted by molar-refractivity contribution is 0.102. The van der Waals surface area contributed by atoms with Crippen LogP contribution in [0.4, 0.5) is 17.2 Å². The fourth-order valence-corrected chi connectivity index (χ4v) is 5.01. The van der Waals surface area contributed by atoms with E-state index >= 15 is 0 Å². The van der Waals surface area contributed by atoms with E-state index in [1.807, 2.05) is 42.7 Å². The number of fused-ring (bicyclic) bond motifs is 1. The number of H-pyrrole nitrogens is 1. The Morgan fingerprint density at radius 1 is 0.861 bits per heavy atom. The van der Waals surface area contributed by atoms with Crippen LogP contribution >= 0.6 is 0 Å². The van der Waals surface area contributed by atoms with Crippen molar-refractivity contribution in [3.05, 3.63) is 60.7 Å². The molecule has 2 aliphatic rings. The molecule has 2 aliphatic heterocycles. The minimum atomic E-state index is -0.268. The molecule has 0 unspecified atom stereocenters. The zero-order valence-electron chi connectivity index (χ0n) is 20.2. The number of piperazine rings is 1. The number of anilines is 3. The molecule has 1 amide bonds. The first kappa shape index (κ1) is 22.5. The van der Waals surface area contributed by atoms with Gasteiger partial charge >= 0.3 is 0 Å². The average Bonchev–Trinajstić information content (AvgIpc) is 3.38. The molecule has 184 valence electrons. The van der Waals surface area contributed by atoms with E-state index in [1.54, 1.807) is 6.20 Å². The molecule has 36 heavy (non-hydrogen) atoms. The Hall–Kier alpha value is -3.98. The van der Waals surface area contributed by atoms with Crippen LogP contribution in [-0.2, 0) is 0 Å². The molecule has 0 atom stereocenters. The number of hydrogen-bond acceptors (Lipinski definition) is 7. The maximum Gasteiger partial charge on any atom is 0.276 e. The number of carbonyl (C=O) groups is 1. The summed E-state index contributed by atoms with van der Waals surface area (Å²) in [6.07, 6.45) is 9.25. The van der Waals surface area contributed by atoms with Crippen LogP contribution < -0.4 is 20.4 Å². The van der Waals surface area contributed by atoms with E-state index < -0.39 is 0 Å². The van der Waals surface area contributed by atoms with Crippen molar-refractivity contribution in [2.45, 2.75) is 19.3 Å². The largest absolute Gasteiger partial charge is 0.370 e. The molecule has 6 rings (SSSR count). The van der Waals surface area contributed by atoms with Gasteiger partial charge in [-0.05, 0) is 55.2 Å². The van der Waals surface area contributed by atoms with Gasteiger partial charge < -0.3 is 20.4 Å². The van der Waals surface area contributed by atoms with Crippen molar-refractivity contribution in [1.29, 1.82) is 0 Å². The van der Waals surface area contributed by atoms with E-state index in [2.05, 4.69) is 46.7 Å². The van der Waals surface area contributed by atoms with E-state index in [-0.39, 0.29) is 5.91 Å². The molecular weight excluding hydrogens is 452 g/mol. The molecule has 0 bridgehead atoms. The summed E-state index contributed by atoms with van der Waals surface area (Å²) in [6, 6.07) is 12.0. The van der Waals surface area contributed by atoms with Crippen LogP contribution in [0.3, 0.4) is 0 Å². The van der Waals surface area contributed by atoms with E-state index in [9.17, 15) is 4.79 Å². The van der Waals surface area contributed by atoms with Gasteiger partial charge in [-0.15, -0.1) is 0 Å². The molecule has 0 aliphatic carbocycles. The third-order valence-electron chi connectivity index (χ3n) is 7.00. The lowest BCUT2D eigenvalue weighted by Crippen LogP contribution is -2.43. The summed E-state index contributed by atoms with van der Waals surface area (Å²) in [4.78, 5) is 26.8. The topological polar surface area (TPSA) is 102 Å². The summed E-state index contributed by atoms with van der Waals surface area (Å²) in [6.45, 7) is 5.90. The van der Waals surface area contributed by atoms with Crippen LogP contribution in [0.2, 0.25) is 0 Å². The van der Waals surface area contributed by atoms with E-state index in [4.69, 9.17) is 0 Å². The van der Waals surface area contributed by atoms with Crippen molar-refractivity contribution >= 4 is 34.0 Å². The first-order valence-electron chi connectivity index (χ1n) is 12.7. The molecule has 0 saturated carbocycles. The number of nitrogens with zero attached hydrogens (tertiary/aromatic N) is 5. The fraction of sp³-hybridized carbons (Fsp3) is 0.333. The zero-order chi connectivity index (χ0) is 24.3. The molecule has 4 aromatic rings. The van der Waals surface area contributed by atoms with Gasteiger partial charge in [-0.3, -0.25) is 14.9 Å². The standard InChI is InChI=1S/C27H30N8O/c36-27(31-21-5-7-25(30-17-21)35-12-8-28-9-13-35)26-23-15-19(4-6-24(23)32-33-26)20-14-22(18-29-16-20)34-10-2-1-3-11-34/h4-7,14-18,28H,1-3,8-13H2,(H,31,36)(H,32,33). The Kier molecular flexibility index (Phi) is 6.21. The van der Waals surface area contributed by atoms with Gasteiger partial charge in [0, 0.05) is 56.4 Å². The van der Waals surface area contributed by atoms with Crippen LogP contribution in [0.1, 0.15) is 29.8 Å². The third-order valence-corrected chi connectivity index (χ3v) is 7.00. The summed E-state index contributed by atoms with van der Waals surface area (Å²) in [5.41, 5.74) is 5.00. The Morgan fingerprint density at radius 3 is 2.53 bits per heavy atom. The molecule has 1 aromatic carbocycles. The van der Waals surface area contributed by atoms with Gasteiger partial charge in [0.25, 0.3) is 5.91 Å². The number of pyridine rings is 2. The van der Waals surface area contributed by atoms with Crippen molar-refractivity contribution < 1.29 is 4.79 Å². The molecule has 3 N–H and O–H groups in total. The Bertz CT molecular complexity index is 1350. The average molecular weight is 483 g/mol. The number of nitrogens with one attached hydrogen (secondary N) is 3. The Labute approximate surface area is 209 Å². The Balaban J connectivity index is 1.22. The van der Waals surface area contributed by atoms with Gasteiger partial charge in [-0.25, -0.2) is 4.98 Å². The van der Waals surface area contributed by atoms with Crippen molar-refractivity contribution in [2.75, 3.05) is 54.4 Å². The van der Waals surface area contributed by atoms with Gasteiger partial charge in [-0.2, -0.15) is 5.10 Å². The monoisotopic (exact) mass is 482 g/mol. The number of benzene rings is 1. The quantitative estimate of drug-likeness (QED) is 0.399. The second-order valence-electron chi connectivity index (χ2n) is 9.41. The van der Waals surface area contributed by atoms with Crippen molar-refractivity contribution in [3.8, 4) is 11.1 Å². The number of rotatable bonds is 5. The van der Waals surface area contributed by atoms with E-state index in [1.165, 1.54) is 19.3 Å². The van der Waals surface area contributed by atoms with Gasteiger partial charge in [-0.1, -0.05) is 6.07 Å². The van der Waals surface area contributed by atoms with Crippen LogP contribution in [0, 0.1) is 0 Å². The summed E-state index contributed by atoms with van der Waals surface area (Å²) >= 11 is 0. The highest BCUT2D eigenvalue weighted by Gasteiger charge is 2.17. The van der Waals surface area contributed by atoms with Gasteiger partial charge in [0.15, 0.2) is 5.69 Å². The lowest BCUT2D eigenvalue weighted by atomic mass is 10.0. The summed E-state index contributed by atoms with van der Waals surface area (Å²) in [7, 11) is 0. The maximum atomic E-state index is 13.1. The van der Waals surface area contributed by atoms with Crippen molar-refractivity contribution in [1.82, 2.24) is 25.5 Å². The molecular formula is C27H30N8O. The molecule has 5 heterocycles. The van der Waals surface area contributed by atoms with Gasteiger partial charge in [0.2, 0.25) is 0 Å². The highest BCUT2D eigenvalue weighted by molar-refractivity contribution is 6.11. The lowest BCUT2D eigenvalue weighted by Gasteiger charge is -2.28. The van der Waals surface area contributed by atoms with E-state index in [0.717, 1.165) is 72.8 Å². The highest BCUT2D eigenvalue weighted by Crippen LogP contribution is 2.29. The van der Waals surface area contributed by atoms with Gasteiger partial charge in [0.05, 0.1) is 29.3 Å². The fourth-order valence-electron chi connectivity index (χ4n) is 5.01. The van der Waals surface area contributed by atoms with Crippen LogP contribution in [0.25, 0.3) is 22.0 Å². The normalized spacial score (nSPS) is 16.3. The van der Waals surface area contributed by atoms with Crippen LogP contribution in [-0.4, -0.2) is 65.3 Å². The Morgan fingerprint density at radius 2 is 1.72 bits per heavy atom. The van der Waals surface area contributed by atoms with Crippen LogP contribution in [0.5, 0.6) is 0 Å². The molecule has 9 nitrogen and oxygen atoms in total. The van der Waals surface area contributed by atoms with Crippen molar-refractivity contribution in [2.24, 2.45) is 0 Å². The maximum absolute atomic E-state index is 13.1. The number of aromatic nitrogens is 4. The third kappa shape index (κ3) is 4.61. The predicted octanol–water partition coefficient (Wildman–Crippen LogP) is 3.67. The molecule has 0 radical (unpaired) electrons. The molecule has 2 saturated heterocycles. The summed E-state index contributed by atoms with van der Waals surface area (Å²) in [5.74, 6) is 0.653. The first-order chi connectivity index (χ1) is 17.7. The smallest absolute Gasteiger partial charge is 0.276 e. The van der Waals surface area contributed by atoms with E-state index in [0.29, 0.717) is 11.4 Å². The number of amides is 1. The van der Waals surface area contributed by atoms with Crippen molar-refractivity contribution in [3.63, 3.8) is 0 Å². The molecule has 0 spiro atoms. The number of carbonyl (C=O) groups excluding carboxylic acids is 1. The SMILES string of the molecule is O=C(Nc1ccc(N2CCNCC2)nc1)c1n[nH]c2ccc(-c3cncc(N4CCCCC4)c3)cc12. The molecule has 2 fully saturated rings. The number of aromatic amines is 1. The van der Waals surface area contributed by atoms with Gasteiger partial charge in [0.1, 0.15) is 5.82 Å². The zero-order valence-corrected chi connectivity index (χ0v) is 20.2. The second-order valence-corrected chi connectivity index (χ2v) is 9.41. The number of hydrogen-bond donors (Lipinski definition) is 3. The van der Waals surface area contributed by atoms with Crippen LogP contribution in [0.15, 0.2) is 55.0 Å².